The second-order valence-corrected chi connectivity index (χ2v) is 6.08. The Labute approximate surface area is 131 Å². The molecule has 1 aliphatic carbocycles. The van der Waals surface area contributed by atoms with Gasteiger partial charge in [-0.2, -0.15) is 4.98 Å². The standard InChI is InChI=1S/C14H15IN4O/c1-8-12(19-16)17-13(9-2-3-9)18-14(8)20-11-6-4-10(15)5-7-11/h4-7,9H,2-3,16H2,1H3,(H,17,18,19). The van der Waals surface area contributed by atoms with Crippen LogP contribution >= 0.6 is 22.6 Å². The molecule has 1 saturated carbocycles. The van der Waals surface area contributed by atoms with E-state index in [-0.39, 0.29) is 0 Å². The van der Waals surface area contributed by atoms with E-state index in [1.165, 1.54) is 0 Å². The second kappa shape index (κ2) is 5.53. The summed E-state index contributed by atoms with van der Waals surface area (Å²) < 4.78 is 7.04. The molecular formula is C14H15IN4O. The van der Waals surface area contributed by atoms with Crippen molar-refractivity contribution in [3.63, 3.8) is 0 Å². The average molecular weight is 382 g/mol. The molecule has 104 valence electrons. The van der Waals surface area contributed by atoms with Crippen LogP contribution in [-0.2, 0) is 0 Å². The quantitative estimate of drug-likeness (QED) is 0.482. The van der Waals surface area contributed by atoms with E-state index in [1.54, 1.807) is 0 Å². The fourth-order valence-corrected chi connectivity index (χ4v) is 2.25. The van der Waals surface area contributed by atoms with Gasteiger partial charge in [0, 0.05) is 9.49 Å². The average Bonchev–Trinajstić information content (AvgIpc) is 3.28. The van der Waals surface area contributed by atoms with Crippen molar-refractivity contribution < 1.29 is 4.74 Å². The number of nitrogens with zero attached hydrogens (tertiary/aromatic N) is 2. The van der Waals surface area contributed by atoms with Crippen molar-refractivity contribution in [2.45, 2.75) is 25.7 Å². The summed E-state index contributed by atoms with van der Waals surface area (Å²) in [5.41, 5.74) is 3.44. The van der Waals surface area contributed by atoms with Gasteiger partial charge in [-0.15, -0.1) is 0 Å². The lowest BCUT2D eigenvalue weighted by molar-refractivity contribution is 0.454. The Kier molecular flexibility index (Phi) is 3.75. The van der Waals surface area contributed by atoms with Crippen LogP contribution in [0.2, 0.25) is 0 Å². The van der Waals surface area contributed by atoms with Crippen LogP contribution in [0.15, 0.2) is 24.3 Å². The van der Waals surface area contributed by atoms with Crippen LogP contribution in [0.4, 0.5) is 5.82 Å². The van der Waals surface area contributed by atoms with Crippen LogP contribution in [0.5, 0.6) is 11.6 Å². The lowest BCUT2D eigenvalue weighted by Crippen LogP contribution is -2.13. The maximum atomic E-state index is 5.88. The minimum absolute atomic E-state index is 0.446. The van der Waals surface area contributed by atoms with E-state index in [4.69, 9.17) is 10.6 Å². The summed E-state index contributed by atoms with van der Waals surface area (Å²) in [4.78, 5) is 8.97. The molecule has 0 bridgehead atoms. The van der Waals surface area contributed by atoms with Crippen molar-refractivity contribution in [1.29, 1.82) is 0 Å². The van der Waals surface area contributed by atoms with E-state index in [0.717, 1.165) is 33.5 Å². The molecule has 1 fully saturated rings. The smallest absolute Gasteiger partial charge is 0.227 e. The van der Waals surface area contributed by atoms with Gasteiger partial charge in [0.05, 0.1) is 5.56 Å². The second-order valence-electron chi connectivity index (χ2n) is 4.84. The van der Waals surface area contributed by atoms with Crippen molar-refractivity contribution in [3.05, 3.63) is 39.2 Å². The fraction of sp³-hybridized carbons (Fsp3) is 0.286. The van der Waals surface area contributed by atoms with Gasteiger partial charge in [-0.25, -0.2) is 10.8 Å². The number of nitrogens with one attached hydrogen (secondary N) is 1. The summed E-state index contributed by atoms with van der Waals surface area (Å²) in [6.45, 7) is 1.90. The zero-order chi connectivity index (χ0) is 14.1. The zero-order valence-electron chi connectivity index (χ0n) is 11.1. The largest absolute Gasteiger partial charge is 0.439 e. The molecule has 0 unspecified atom stereocenters. The van der Waals surface area contributed by atoms with Gasteiger partial charge in [0.2, 0.25) is 5.88 Å². The molecule has 20 heavy (non-hydrogen) atoms. The Morgan fingerprint density at radius 2 is 1.95 bits per heavy atom. The van der Waals surface area contributed by atoms with E-state index in [9.17, 15) is 0 Å². The number of anilines is 1. The maximum Gasteiger partial charge on any atom is 0.227 e. The molecule has 3 N–H and O–H groups in total. The van der Waals surface area contributed by atoms with Crippen LogP contribution < -0.4 is 16.0 Å². The number of hydrogen-bond donors (Lipinski definition) is 2. The molecule has 0 atom stereocenters. The minimum Gasteiger partial charge on any atom is -0.439 e. The normalized spacial score (nSPS) is 14.2. The SMILES string of the molecule is Cc1c(NN)nc(C2CC2)nc1Oc1ccc(I)cc1. The number of hydrazine groups is 1. The summed E-state index contributed by atoms with van der Waals surface area (Å²) in [6, 6.07) is 7.85. The lowest BCUT2D eigenvalue weighted by Gasteiger charge is -2.12. The topological polar surface area (TPSA) is 73.1 Å². The Hall–Kier alpha value is -1.41. The molecule has 3 rings (SSSR count). The lowest BCUT2D eigenvalue weighted by atomic mass is 10.3. The highest BCUT2D eigenvalue weighted by Crippen LogP contribution is 2.40. The molecule has 2 aromatic rings. The molecule has 0 amide bonds. The Morgan fingerprint density at radius 3 is 2.55 bits per heavy atom. The van der Waals surface area contributed by atoms with E-state index >= 15 is 0 Å². The molecule has 1 aromatic carbocycles. The number of aromatic nitrogens is 2. The van der Waals surface area contributed by atoms with Gasteiger partial charge < -0.3 is 10.2 Å². The Bertz CT molecular complexity index is 626. The van der Waals surface area contributed by atoms with Crippen LogP contribution in [0.25, 0.3) is 0 Å². The third-order valence-electron chi connectivity index (χ3n) is 3.23. The summed E-state index contributed by atoms with van der Waals surface area (Å²) in [5, 5.41) is 0. The first-order valence-corrected chi connectivity index (χ1v) is 7.54. The summed E-state index contributed by atoms with van der Waals surface area (Å²) in [7, 11) is 0. The van der Waals surface area contributed by atoms with Crippen LogP contribution in [0, 0.1) is 10.5 Å². The minimum atomic E-state index is 0.446. The Balaban J connectivity index is 1.94. The number of ether oxygens (including phenoxy) is 1. The van der Waals surface area contributed by atoms with Gasteiger partial charge in [-0.1, -0.05) is 0 Å². The van der Waals surface area contributed by atoms with Gasteiger partial charge in [-0.3, -0.25) is 0 Å². The number of nitrogen functional groups attached to an aromatic ring is 1. The molecule has 0 aliphatic heterocycles. The highest BCUT2D eigenvalue weighted by atomic mass is 127. The molecule has 6 heteroatoms. The number of hydrogen-bond acceptors (Lipinski definition) is 5. The van der Waals surface area contributed by atoms with Gasteiger partial charge in [0.25, 0.3) is 0 Å². The number of nitrogens with two attached hydrogens (primary N) is 1. The van der Waals surface area contributed by atoms with E-state index in [1.807, 2.05) is 31.2 Å². The van der Waals surface area contributed by atoms with Crippen molar-refractivity contribution in [3.8, 4) is 11.6 Å². The van der Waals surface area contributed by atoms with Crippen molar-refractivity contribution in [2.75, 3.05) is 5.43 Å². The van der Waals surface area contributed by atoms with Crippen molar-refractivity contribution >= 4 is 28.4 Å². The molecular weight excluding hydrogens is 367 g/mol. The van der Waals surface area contributed by atoms with E-state index < -0.39 is 0 Å². The summed E-state index contributed by atoms with van der Waals surface area (Å²) in [6.07, 6.45) is 2.27. The van der Waals surface area contributed by atoms with Crippen LogP contribution in [-0.4, -0.2) is 9.97 Å². The first-order valence-electron chi connectivity index (χ1n) is 6.46. The molecule has 1 aliphatic rings. The predicted octanol–water partition coefficient (Wildman–Crippen LogP) is 3.34. The monoisotopic (exact) mass is 382 g/mol. The van der Waals surface area contributed by atoms with Crippen LogP contribution in [0.3, 0.4) is 0 Å². The molecule has 5 nitrogen and oxygen atoms in total. The molecule has 0 radical (unpaired) electrons. The Morgan fingerprint density at radius 1 is 1.25 bits per heavy atom. The number of benzene rings is 1. The van der Waals surface area contributed by atoms with Crippen molar-refractivity contribution in [2.24, 2.45) is 5.84 Å². The highest BCUT2D eigenvalue weighted by Gasteiger charge is 2.28. The number of halogens is 1. The molecule has 0 spiro atoms. The third kappa shape index (κ3) is 2.85. The summed E-state index contributed by atoms with van der Waals surface area (Å²) >= 11 is 2.26. The van der Waals surface area contributed by atoms with E-state index in [2.05, 4.69) is 38.0 Å². The molecule has 1 aromatic heterocycles. The third-order valence-corrected chi connectivity index (χ3v) is 3.94. The predicted molar refractivity (Wildman–Crippen MR) is 85.8 cm³/mol. The van der Waals surface area contributed by atoms with Gasteiger partial charge in [0.1, 0.15) is 11.6 Å². The zero-order valence-corrected chi connectivity index (χ0v) is 13.2. The number of rotatable bonds is 4. The first kappa shape index (κ1) is 13.6. The van der Waals surface area contributed by atoms with Crippen LogP contribution in [0.1, 0.15) is 30.1 Å². The van der Waals surface area contributed by atoms with Crippen molar-refractivity contribution in [1.82, 2.24) is 9.97 Å². The molecule has 1 heterocycles. The first-order chi connectivity index (χ1) is 9.67. The fourth-order valence-electron chi connectivity index (χ4n) is 1.89. The molecule has 0 saturated heterocycles. The van der Waals surface area contributed by atoms with Gasteiger partial charge in [0.15, 0.2) is 5.82 Å². The maximum absolute atomic E-state index is 5.88. The van der Waals surface area contributed by atoms with Gasteiger partial charge >= 0.3 is 0 Å². The highest BCUT2D eigenvalue weighted by molar-refractivity contribution is 14.1. The van der Waals surface area contributed by atoms with Gasteiger partial charge in [-0.05, 0) is 66.6 Å². The van der Waals surface area contributed by atoms with E-state index in [0.29, 0.717) is 17.6 Å². The summed E-state index contributed by atoms with van der Waals surface area (Å²) in [5.74, 6) is 8.73.